The van der Waals surface area contributed by atoms with Crippen LogP contribution in [-0.4, -0.2) is 35.8 Å². The van der Waals surface area contributed by atoms with Crippen LogP contribution >= 0.6 is 23.2 Å². The van der Waals surface area contributed by atoms with E-state index in [0.717, 1.165) is 0 Å². The fourth-order valence-corrected chi connectivity index (χ4v) is 2.70. The Morgan fingerprint density at radius 2 is 2.20 bits per heavy atom. The first-order valence-electron chi connectivity index (χ1n) is 6.29. The van der Waals surface area contributed by atoms with Gasteiger partial charge in [-0.2, -0.15) is 0 Å². The summed E-state index contributed by atoms with van der Waals surface area (Å²) in [4.78, 5) is 25.9. The molecule has 20 heavy (non-hydrogen) atoms. The van der Waals surface area contributed by atoms with Crippen LogP contribution in [0.1, 0.15) is 23.7 Å². The molecule has 7 heteroatoms. The number of rotatable bonds is 2. The molecule has 1 heterocycles. The lowest BCUT2D eigenvalue weighted by atomic mass is 10.1. The summed E-state index contributed by atoms with van der Waals surface area (Å²) in [6, 6.07) is 2.48. The van der Waals surface area contributed by atoms with Crippen molar-refractivity contribution in [2.75, 3.05) is 18.8 Å². The van der Waals surface area contributed by atoms with E-state index in [-0.39, 0.29) is 27.4 Å². The molecule has 1 fully saturated rings. The molecule has 1 saturated heterocycles. The van der Waals surface area contributed by atoms with Crippen LogP contribution in [0.3, 0.4) is 0 Å². The zero-order valence-corrected chi connectivity index (χ0v) is 12.5. The molecule has 0 aromatic heterocycles. The van der Waals surface area contributed by atoms with Gasteiger partial charge in [-0.15, -0.1) is 0 Å². The Kier molecular flexibility index (Phi) is 4.40. The number of amides is 2. The van der Waals surface area contributed by atoms with Gasteiger partial charge in [0.1, 0.15) is 6.04 Å². The molecule has 0 saturated carbocycles. The summed E-state index contributed by atoms with van der Waals surface area (Å²) in [6.45, 7) is 2.71. The smallest absolute Gasteiger partial charge is 0.256 e. The number of carbonyl (C=O) groups is 2. The first kappa shape index (κ1) is 14.9. The van der Waals surface area contributed by atoms with E-state index >= 15 is 0 Å². The number of nitrogens with two attached hydrogens (primary N) is 1. The van der Waals surface area contributed by atoms with Gasteiger partial charge < -0.3 is 16.0 Å². The number of carbonyl (C=O) groups excluding carboxylic acids is 2. The summed E-state index contributed by atoms with van der Waals surface area (Å²) in [6.07, 6.45) is 0.533. The molecule has 0 bridgehead atoms. The van der Waals surface area contributed by atoms with Crippen LogP contribution < -0.4 is 11.1 Å². The van der Waals surface area contributed by atoms with Gasteiger partial charge in [-0.25, -0.2) is 0 Å². The van der Waals surface area contributed by atoms with Crippen LogP contribution in [0.5, 0.6) is 0 Å². The highest BCUT2D eigenvalue weighted by atomic mass is 35.5. The van der Waals surface area contributed by atoms with Gasteiger partial charge in [-0.05, 0) is 18.6 Å². The third-order valence-corrected chi connectivity index (χ3v) is 4.06. The van der Waals surface area contributed by atoms with Gasteiger partial charge in [0.05, 0.1) is 15.6 Å². The molecule has 1 atom stereocenters. The number of benzene rings is 1. The molecule has 1 aromatic carbocycles. The quantitative estimate of drug-likeness (QED) is 0.819. The highest BCUT2D eigenvalue weighted by molar-refractivity contribution is 6.44. The van der Waals surface area contributed by atoms with Crippen LogP contribution in [0.15, 0.2) is 12.1 Å². The van der Waals surface area contributed by atoms with E-state index in [2.05, 4.69) is 5.32 Å². The zero-order chi connectivity index (χ0) is 14.9. The van der Waals surface area contributed by atoms with Crippen molar-refractivity contribution in [2.24, 2.45) is 0 Å². The molecule has 2 rings (SSSR count). The SMILES string of the molecule is CCC1C(=O)NCCN1C(=O)c1cc(N)cc(Cl)c1Cl. The van der Waals surface area contributed by atoms with Crippen molar-refractivity contribution >= 4 is 40.7 Å². The van der Waals surface area contributed by atoms with Gasteiger partial charge in [-0.3, -0.25) is 9.59 Å². The summed E-state index contributed by atoms with van der Waals surface area (Å²) in [5, 5.41) is 3.13. The fourth-order valence-electron chi connectivity index (χ4n) is 2.28. The second kappa shape index (κ2) is 5.89. The van der Waals surface area contributed by atoms with Crippen molar-refractivity contribution in [2.45, 2.75) is 19.4 Å². The molecule has 1 aromatic rings. The number of halogens is 2. The summed E-state index contributed by atoms with van der Waals surface area (Å²) >= 11 is 12.0. The molecule has 0 spiro atoms. The first-order chi connectivity index (χ1) is 9.45. The number of nitrogen functional groups attached to an aromatic ring is 1. The van der Waals surface area contributed by atoms with Crippen molar-refractivity contribution in [1.29, 1.82) is 0 Å². The lowest BCUT2D eigenvalue weighted by Crippen LogP contribution is -2.56. The topological polar surface area (TPSA) is 75.4 Å². The van der Waals surface area contributed by atoms with E-state index in [1.54, 1.807) is 0 Å². The first-order valence-corrected chi connectivity index (χ1v) is 7.04. The third kappa shape index (κ3) is 2.69. The Bertz CT molecular complexity index is 563. The Balaban J connectivity index is 2.38. The standard InChI is InChI=1S/C13H15Cl2N3O2/c1-2-10-12(19)17-3-4-18(10)13(20)8-5-7(16)6-9(14)11(8)15/h5-6,10H,2-4,16H2,1H3,(H,17,19). The maximum absolute atomic E-state index is 12.6. The van der Waals surface area contributed by atoms with Crippen molar-refractivity contribution in [3.05, 3.63) is 27.7 Å². The van der Waals surface area contributed by atoms with E-state index in [4.69, 9.17) is 28.9 Å². The van der Waals surface area contributed by atoms with E-state index in [0.29, 0.717) is 25.2 Å². The highest BCUT2D eigenvalue weighted by Gasteiger charge is 2.33. The second-order valence-electron chi connectivity index (χ2n) is 4.58. The van der Waals surface area contributed by atoms with Crippen molar-refractivity contribution in [3.8, 4) is 0 Å². The van der Waals surface area contributed by atoms with Crippen LogP contribution in [0.4, 0.5) is 5.69 Å². The minimum absolute atomic E-state index is 0.154. The molecule has 0 aliphatic carbocycles. The summed E-state index contributed by atoms with van der Waals surface area (Å²) in [5.74, 6) is -0.482. The molecule has 5 nitrogen and oxygen atoms in total. The number of nitrogens with one attached hydrogen (secondary N) is 1. The average Bonchev–Trinajstić information content (AvgIpc) is 2.41. The van der Waals surface area contributed by atoms with E-state index in [1.807, 2.05) is 6.92 Å². The summed E-state index contributed by atoms with van der Waals surface area (Å²) in [7, 11) is 0. The Hall–Kier alpha value is -1.46. The van der Waals surface area contributed by atoms with Gasteiger partial charge in [0.15, 0.2) is 0 Å². The highest BCUT2D eigenvalue weighted by Crippen LogP contribution is 2.30. The minimum Gasteiger partial charge on any atom is -0.399 e. The lowest BCUT2D eigenvalue weighted by Gasteiger charge is -2.34. The predicted octanol–water partition coefficient (Wildman–Crippen LogP) is 1.93. The Morgan fingerprint density at radius 1 is 1.50 bits per heavy atom. The minimum atomic E-state index is -0.493. The van der Waals surface area contributed by atoms with Crippen LogP contribution in [0, 0.1) is 0 Å². The van der Waals surface area contributed by atoms with Gasteiger partial charge in [0.2, 0.25) is 5.91 Å². The molecule has 1 aliphatic heterocycles. The Morgan fingerprint density at radius 3 is 2.85 bits per heavy atom. The van der Waals surface area contributed by atoms with Gasteiger partial charge in [0.25, 0.3) is 5.91 Å². The molecular formula is C13H15Cl2N3O2. The van der Waals surface area contributed by atoms with Crippen molar-refractivity contribution < 1.29 is 9.59 Å². The van der Waals surface area contributed by atoms with Crippen molar-refractivity contribution in [1.82, 2.24) is 10.2 Å². The van der Waals surface area contributed by atoms with Gasteiger partial charge in [-0.1, -0.05) is 30.1 Å². The fraction of sp³-hybridized carbons (Fsp3) is 0.385. The Labute approximate surface area is 127 Å². The number of anilines is 1. The molecule has 108 valence electrons. The van der Waals surface area contributed by atoms with Crippen LogP contribution in [0.25, 0.3) is 0 Å². The number of hydrogen-bond donors (Lipinski definition) is 2. The lowest BCUT2D eigenvalue weighted by molar-refractivity contribution is -0.127. The number of hydrogen-bond acceptors (Lipinski definition) is 3. The second-order valence-corrected chi connectivity index (χ2v) is 5.36. The van der Waals surface area contributed by atoms with Crippen LogP contribution in [0.2, 0.25) is 10.0 Å². The summed E-state index contributed by atoms with van der Waals surface area (Å²) < 4.78 is 0. The van der Waals surface area contributed by atoms with Gasteiger partial charge in [0, 0.05) is 18.8 Å². The molecule has 1 aliphatic rings. The maximum Gasteiger partial charge on any atom is 0.256 e. The predicted molar refractivity (Wildman–Crippen MR) is 79.0 cm³/mol. The van der Waals surface area contributed by atoms with E-state index < -0.39 is 6.04 Å². The van der Waals surface area contributed by atoms with E-state index in [1.165, 1.54) is 17.0 Å². The molecule has 0 radical (unpaired) electrons. The number of nitrogens with zero attached hydrogens (tertiary/aromatic N) is 1. The maximum atomic E-state index is 12.6. The van der Waals surface area contributed by atoms with Gasteiger partial charge >= 0.3 is 0 Å². The third-order valence-electron chi connectivity index (χ3n) is 3.26. The normalized spacial score (nSPS) is 18.9. The van der Waals surface area contributed by atoms with Crippen molar-refractivity contribution in [3.63, 3.8) is 0 Å². The van der Waals surface area contributed by atoms with E-state index in [9.17, 15) is 9.59 Å². The monoisotopic (exact) mass is 315 g/mol. The largest absolute Gasteiger partial charge is 0.399 e. The summed E-state index contributed by atoms with van der Waals surface area (Å²) in [5.41, 5.74) is 6.28. The zero-order valence-electron chi connectivity index (χ0n) is 11.0. The molecule has 1 unspecified atom stereocenters. The average molecular weight is 316 g/mol. The molecule has 3 N–H and O–H groups in total. The molecule has 2 amide bonds. The molecular weight excluding hydrogens is 301 g/mol. The number of piperazine rings is 1. The van der Waals surface area contributed by atoms with Crippen LogP contribution in [-0.2, 0) is 4.79 Å².